The number of hydrogen-bond acceptors (Lipinski definition) is 5. The van der Waals surface area contributed by atoms with Crippen LogP contribution in [0, 0.1) is 0 Å². The van der Waals surface area contributed by atoms with Crippen LogP contribution in [0.25, 0.3) is 0 Å². The Hall–Kier alpha value is -0.680. The first-order valence-electron chi connectivity index (χ1n) is 5.02. The molecule has 0 aliphatic carbocycles. The molecule has 0 bridgehead atoms. The van der Waals surface area contributed by atoms with Gasteiger partial charge >= 0.3 is 0 Å². The summed E-state index contributed by atoms with van der Waals surface area (Å²) in [6, 6.07) is 0. The van der Waals surface area contributed by atoms with Crippen molar-refractivity contribution >= 4 is 16.5 Å². The summed E-state index contributed by atoms with van der Waals surface area (Å²) in [6.07, 6.45) is 1.19. The fourth-order valence-corrected chi connectivity index (χ4v) is 2.01. The molecule has 0 atom stereocenters. The number of anilines is 1. The van der Waals surface area contributed by atoms with Gasteiger partial charge in [0.25, 0.3) is 0 Å². The number of nitrogens with one attached hydrogen (secondary N) is 1. The van der Waals surface area contributed by atoms with E-state index in [1.54, 1.807) is 11.3 Å². The van der Waals surface area contributed by atoms with E-state index in [-0.39, 0.29) is 0 Å². The van der Waals surface area contributed by atoms with Gasteiger partial charge in [0.05, 0.1) is 6.54 Å². The Morgan fingerprint density at radius 1 is 1.36 bits per heavy atom. The molecule has 5 heteroatoms. The second-order valence-corrected chi connectivity index (χ2v) is 4.18. The Balaban J connectivity index is 2.48. The summed E-state index contributed by atoms with van der Waals surface area (Å²) in [6.45, 7) is 7.49. The standard InChI is InChI=1S/C9H18N4S/c1-4-6-13(5-2)7-8-11-12-9(10-3)14-8/h4-7H2,1-3H3,(H,10,12). The molecule has 4 nitrogen and oxygen atoms in total. The van der Waals surface area contributed by atoms with E-state index in [0.29, 0.717) is 0 Å². The van der Waals surface area contributed by atoms with E-state index in [0.717, 1.165) is 29.8 Å². The minimum atomic E-state index is 0.896. The van der Waals surface area contributed by atoms with Crippen LogP contribution in [0.3, 0.4) is 0 Å². The maximum Gasteiger partial charge on any atom is 0.205 e. The van der Waals surface area contributed by atoms with Gasteiger partial charge in [-0.25, -0.2) is 0 Å². The van der Waals surface area contributed by atoms with E-state index >= 15 is 0 Å². The van der Waals surface area contributed by atoms with Crippen molar-refractivity contribution in [2.45, 2.75) is 26.8 Å². The average molecular weight is 214 g/mol. The zero-order chi connectivity index (χ0) is 10.4. The summed E-state index contributed by atoms with van der Waals surface area (Å²) in [5.74, 6) is 0. The van der Waals surface area contributed by atoms with E-state index in [9.17, 15) is 0 Å². The lowest BCUT2D eigenvalue weighted by Crippen LogP contribution is -2.23. The van der Waals surface area contributed by atoms with Crippen molar-refractivity contribution in [3.63, 3.8) is 0 Å². The fourth-order valence-electron chi connectivity index (χ4n) is 1.28. The van der Waals surface area contributed by atoms with Crippen LogP contribution >= 0.6 is 11.3 Å². The first kappa shape index (κ1) is 11.4. The first-order valence-corrected chi connectivity index (χ1v) is 5.84. The molecule has 80 valence electrons. The predicted molar refractivity (Wildman–Crippen MR) is 60.7 cm³/mol. The van der Waals surface area contributed by atoms with Crippen molar-refractivity contribution in [3.05, 3.63) is 5.01 Å². The lowest BCUT2D eigenvalue weighted by atomic mass is 10.4. The predicted octanol–water partition coefficient (Wildman–Crippen LogP) is 1.81. The summed E-state index contributed by atoms with van der Waals surface area (Å²) in [5, 5.41) is 13.1. The van der Waals surface area contributed by atoms with Gasteiger partial charge in [-0.3, -0.25) is 4.90 Å². The van der Waals surface area contributed by atoms with Gasteiger partial charge < -0.3 is 5.32 Å². The summed E-state index contributed by atoms with van der Waals surface area (Å²) < 4.78 is 0. The van der Waals surface area contributed by atoms with Crippen molar-refractivity contribution < 1.29 is 0 Å². The molecule has 0 fully saturated rings. The van der Waals surface area contributed by atoms with Gasteiger partial charge in [0, 0.05) is 7.05 Å². The molecule has 0 saturated carbocycles. The molecule has 1 heterocycles. The van der Waals surface area contributed by atoms with Gasteiger partial charge in [-0.15, -0.1) is 10.2 Å². The third-order valence-corrected chi connectivity index (χ3v) is 2.95. The SMILES string of the molecule is CCCN(CC)Cc1nnc(NC)s1. The molecule has 0 aliphatic rings. The van der Waals surface area contributed by atoms with E-state index in [2.05, 4.69) is 34.3 Å². The van der Waals surface area contributed by atoms with Crippen molar-refractivity contribution in [1.29, 1.82) is 0 Å². The summed E-state index contributed by atoms with van der Waals surface area (Å²) in [5.41, 5.74) is 0. The van der Waals surface area contributed by atoms with Crippen molar-refractivity contribution in [1.82, 2.24) is 15.1 Å². The molecular weight excluding hydrogens is 196 g/mol. The molecule has 1 N–H and O–H groups in total. The molecule has 0 aromatic carbocycles. The Bertz CT molecular complexity index is 261. The van der Waals surface area contributed by atoms with Crippen molar-refractivity contribution in [2.24, 2.45) is 0 Å². The van der Waals surface area contributed by atoms with Crippen molar-refractivity contribution in [2.75, 3.05) is 25.5 Å². The smallest absolute Gasteiger partial charge is 0.205 e. The Labute approximate surface area is 89.3 Å². The highest BCUT2D eigenvalue weighted by molar-refractivity contribution is 7.15. The van der Waals surface area contributed by atoms with Crippen LogP contribution in [0.4, 0.5) is 5.13 Å². The van der Waals surface area contributed by atoms with Crippen molar-refractivity contribution in [3.8, 4) is 0 Å². The Morgan fingerprint density at radius 2 is 2.14 bits per heavy atom. The second-order valence-electron chi connectivity index (χ2n) is 3.12. The molecule has 0 saturated heterocycles. The largest absolute Gasteiger partial charge is 0.363 e. The van der Waals surface area contributed by atoms with Crippen LogP contribution in [0.1, 0.15) is 25.3 Å². The molecule has 0 radical (unpaired) electrons. The van der Waals surface area contributed by atoms with Gasteiger partial charge in [-0.2, -0.15) is 0 Å². The van der Waals surface area contributed by atoms with Crippen LogP contribution in [-0.4, -0.2) is 35.2 Å². The van der Waals surface area contributed by atoms with E-state index < -0.39 is 0 Å². The fraction of sp³-hybridized carbons (Fsp3) is 0.778. The van der Waals surface area contributed by atoms with Gasteiger partial charge in [0.1, 0.15) is 5.01 Å². The van der Waals surface area contributed by atoms with Crippen LogP contribution in [-0.2, 0) is 6.54 Å². The normalized spacial score (nSPS) is 10.9. The third-order valence-electron chi connectivity index (χ3n) is 2.03. The maximum atomic E-state index is 4.12. The molecule has 1 aromatic rings. The molecule has 0 amide bonds. The highest BCUT2D eigenvalue weighted by Crippen LogP contribution is 2.15. The molecular formula is C9H18N4S. The zero-order valence-electron chi connectivity index (χ0n) is 9.08. The second kappa shape index (κ2) is 5.93. The minimum absolute atomic E-state index is 0.896. The van der Waals surface area contributed by atoms with Gasteiger partial charge in [-0.1, -0.05) is 25.2 Å². The molecule has 0 unspecified atom stereocenters. The third kappa shape index (κ3) is 3.23. The molecule has 1 rings (SSSR count). The van der Waals surface area contributed by atoms with E-state index in [4.69, 9.17) is 0 Å². The number of nitrogens with zero attached hydrogens (tertiary/aromatic N) is 3. The van der Waals surface area contributed by atoms with Crippen LogP contribution < -0.4 is 5.32 Å². The Kier molecular flexibility index (Phi) is 4.82. The molecule has 0 aliphatic heterocycles. The first-order chi connectivity index (χ1) is 6.80. The molecule has 1 aromatic heterocycles. The minimum Gasteiger partial charge on any atom is -0.363 e. The number of hydrogen-bond donors (Lipinski definition) is 1. The number of aromatic nitrogens is 2. The van der Waals surface area contributed by atoms with Gasteiger partial charge in [-0.05, 0) is 19.5 Å². The van der Waals surface area contributed by atoms with Crippen LogP contribution in [0.5, 0.6) is 0 Å². The topological polar surface area (TPSA) is 41.1 Å². The van der Waals surface area contributed by atoms with E-state index in [1.165, 1.54) is 6.42 Å². The zero-order valence-corrected chi connectivity index (χ0v) is 9.89. The highest BCUT2D eigenvalue weighted by Gasteiger charge is 2.07. The molecule has 14 heavy (non-hydrogen) atoms. The summed E-state index contributed by atoms with van der Waals surface area (Å²) in [7, 11) is 1.87. The van der Waals surface area contributed by atoms with Crippen LogP contribution in [0.2, 0.25) is 0 Å². The van der Waals surface area contributed by atoms with Gasteiger partial charge in [0.2, 0.25) is 5.13 Å². The lowest BCUT2D eigenvalue weighted by Gasteiger charge is -2.16. The number of rotatable bonds is 6. The maximum absolute atomic E-state index is 4.12. The monoisotopic (exact) mass is 214 g/mol. The highest BCUT2D eigenvalue weighted by atomic mass is 32.1. The average Bonchev–Trinajstić information content (AvgIpc) is 2.65. The van der Waals surface area contributed by atoms with Gasteiger partial charge in [0.15, 0.2) is 0 Å². The Morgan fingerprint density at radius 3 is 2.64 bits per heavy atom. The summed E-state index contributed by atoms with van der Waals surface area (Å²) in [4.78, 5) is 2.37. The summed E-state index contributed by atoms with van der Waals surface area (Å²) >= 11 is 1.63. The molecule has 0 spiro atoms. The van der Waals surface area contributed by atoms with Crippen LogP contribution in [0.15, 0.2) is 0 Å². The van der Waals surface area contributed by atoms with E-state index in [1.807, 2.05) is 7.05 Å². The quantitative estimate of drug-likeness (QED) is 0.784. The lowest BCUT2D eigenvalue weighted by molar-refractivity contribution is 0.279.